The van der Waals surface area contributed by atoms with E-state index in [-0.39, 0.29) is 17.0 Å². The molecule has 2 heterocycles. The van der Waals surface area contributed by atoms with Gasteiger partial charge in [-0.2, -0.15) is 0 Å². The molecule has 0 bridgehead atoms. The Morgan fingerprint density at radius 1 is 0.955 bits per heavy atom. The summed E-state index contributed by atoms with van der Waals surface area (Å²) in [6.07, 6.45) is 2.47. The number of methoxy groups -OCH3 is 1. The van der Waals surface area contributed by atoms with E-state index in [9.17, 15) is 4.79 Å². The van der Waals surface area contributed by atoms with Crippen molar-refractivity contribution in [3.05, 3.63) is 95.4 Å². The van der Waals surface area contributed by atoms with Crippen molar-refractivity contribution < 1.29 is 28.1 Å². The molecule has 0 atom stereocenters. The zero-order chi connectivity index (χ0) is 30.5. The third kappa shape index (κ3) is 6.55. The molecule has 1 saturated heterocycles. The maximum Gasteiger partial charge on any atom is 0.256 e. The SMILES string of the molecule is COc1cc2c(Oc3ccc4c(C(=O)Nc5ccc(Cl)cc5)cccc4c3F)ccnc2cc1OCCCN1CCOCC1. The molecule has 4 aromatic carbocycles. The summed E-state index contributed by atoms with van der Waals surface area (Å²) in [5.74, 6) is 0.577. The van der Waals surface area contributed by atoms with E-state index in [0.717, 1.165) is 39.3 Å². The molecule has 44 heavy (non-hydrogen) atoms. The molecule has 1 amide bonds. The second-order valence-electron chi connectivity index (χ2n) is 10.3. The molecule has 226 valence electrons. The van der Waals surface area contributed by atoms with Gasteiger partial charge in [-0.3, -0.25) is 14.7 Å². The number of pyridine rings is 1. The molecule has 5 aromatic rings. The van der Waals surface area contributed by atoms with Gasteiger partial charge in [0.05, 0.1) is 32.4 Å². The molecule has 1 aliphatic rings. The van der Waals surface area contributed by atoms with Gasteiger partial charge in [-0.1, -0.05) is 23.7 Å². The highest BCUT2D eigenvalue weighted by molar-refractivity contribution is 6.30. The van der Waals surface area contributed by atoms with Crippen molar-refractivity contribution in [2.24, 2.45) is 0 Å². The fourth-order valence-corrected chi connectivity index (χ4v) is 5.34. The zero-order valence-corrected chi connectivity index (χ0v) is 24.9. The van der Waals surface area contributed by atoms with Gasteiger partial charge in [0.2, 0.25) is 0 Å². The molecule has 0 aliphatic carbocycles. The number of hydrogen-bond donors (Lipinski definition) is 1. The number of hydrogen-bond acceptors (Lipinski definition) is 7. The van der Waals surface area contributed by atoms with Gasteiger partial charge < -0.3 is 24.3 Å². The van der Waals surface area contributed by atoms with Crippen LogP contribution >= 0.6 is 11.6 Å². The van der Waals surface area contributed by atoms with Crippen LogP contribution < -0.4 is 19.5 Å². The molecule has 10 heteroatoms. The molecular formula is C34H31ClFN3O5. The summed E-state index contributed by atoms with van der Waals surface area (Å²) in [4.78, 5) is 19.9. The van der Waals surface area contributed by atoms with Gasteiger partial charge in [0.25, 0.3) is 5.91 Å². The van der Waals surface area contributed by atoms with Crippen molar-refractivity contribution in [1.82, 2.24) is 9.88 Å². The van der Waals surface area contributed by atoms with E-state index >= 15 is 4.39 Å². The Bertz CT molecular complexity index is 1790. The maximum atomic E-state index is 15.8. The molecule has 8 nitrogen and oxygen atoms in total. The van der Waals surface area contributed by atoms with Crippen LogP contribution in [0.4, 0.5) is 10.1 Å². The van der Waals surface area contributed by atoms with Gasteiger partial charge >= 0.3 is 0 Å². The summed E-state index contributed by atoms with van der Waals surface area (Å²) in [7, 11) is 1.57. The molecule has 0 unspecified atom stereocenters. The monoisotopic (exact) mass is 615 g/mol. The minimum Gasteiger partial charge on any atom is -0.493 e. The molecule has 0 spiro atoms. The van der Waals surface area contributed by atoms with Crippen LogP contribution in [0, 0.1) is 5.82 Å². The normalized spacial score (nSPS) is 13.6. The smallest absolute Gasteiger partial charge is 0.256 e. The highest BCUT2D eigenvalue weighted by Gasteiger charge is 2.18. The third-order valence-electron chi connectivity index (χ3n) is 7.49. The number of rotatable bonds is 10. The molecule has 1 aliphatic heterocycles. The standard InChI is InChI=1S/C34H31ClFN3O5/c1-41-31-20-27-28(21-32(31)43-17-3-14-39-15-18-42-19-16-39)37-13-12-29(27)44-30-11-10-24-25(33(30)36)4-2-5-26(24)34(40)38-23-8-6-22(35)7-9-23/h2,4-13,20-21H,3,14-19H2,1H3,(H,38,40). The number of carbonyl (C=O) groups is 1. The van der Waals surface area contributed by atoms with Crippen molar-refractivity contribution in [2.45, 2.75) is 6.42 Å². The number of carbonyl (C=O) groups excluding carboxylic acids is 1. The van der Waals surface area contributed by atoms with Crippen LogP contribution in [0.25, 0.3) is 21.7 Å². The average Bonchev–Trinajstić information content (AvgIpc) is 3.05. The minimum atomic E-state index is -0.583. The second-order valence-corrected chi connectivity index (χ2v) is 10.8. The summed E-state index contributed by atoms with van der Waals surface area (Å²) in [5.41, 5.74) is 1.53. The van der Waals surface area contributed by atoms with Crippen LogP contribution in [0.1, 0.15) is 16.8 Å². The summed E-state index contributed by atoms with van der Waals surface area (Å²) in [5, 5.41) is 4.75. The average molecular weight is 616 g/mol. The Balaban J connectivity index is 1.21. The molecule has 0 saturated carbocycles. The Hall–Kier alpha value is -4.44. The molecule has 1 fully saturated rings. The largest absolute Gasteiger partial charge is 0.493 e. The van der Waals surface area contributed by atoms with E-state index in [4.69, 9.17) is 30.5 Å². The second kappa shape index (κ2) is 13.5. The molecule has 1 aromatic heterocycles. The van der Waals surface area contributed by atoms with Gasteiger partial charge in [0, 0.05) is 58.9 Å². The van der Waals surface area contributed by atoms with E-state index in [0.29, 0.717) is 56.4 Å². The number of amides is 1. The summed E-state index contributed by atoms with van der Waals surface area (Å²) in [6, 6.07) is 20.1. The van der Waals surface area contributed by atoms with Crippen molar-refractivity contribution in [3.63, 3.8) is 0 Å². The molecule has 1 N–H and O–H groups in total. The van der Waals surface area contributed by atoms with E-state index in [1.165, 1.54) is 6.07 Å². The van der Waals surface area contributed by atoms with Gasteiger partial charge in [0.1, 0.15) is 5.75 Å². The minimum absolute atomic E-state index is 0.0164. The lowest BCUT2D eigenvalue weighted by Crippen LogP contribution is -2.37. The number of fused-ring (bicyclic) bond motifs is 2. The highest BCUT2D eigenvalue weighted by Crippen LogP contribution is 2.39. The molecular weight excluding hydrogens is 585 g/mol. The summed E-state index contributed by atoms with van der Waals surface area (Å²) in [6.45, 7) is 4.86. The van der Waals surface area contributed by atoms with Crippen LogP contribution in [0.2, 0.25) is 5.02 Å². The van der Waals surface area contributed by atoms with E-state index in [1.807, 2.05) is 0 Å². The van der Waals surface area contributed by atoms with Gasteiger partial charge in [-0.15, -0.1) is 0 Å². The predicted octanol–water partition coefficient (Wildman–Crippen LogP) is 7.33. The van der Waals surface area contributed by atoms with Gasteiger partial charge in [-0.25, -0.2) is 4.39 Å². The molecule has 6 rings (SSSR count). The van der Waals surface area contributed by atoms with Crippen molar-refractivity contribution >= 4 is 44.9 Å². The Morgan fingerprint density at radius 2 is 1.77 bits per heavy atom. The number of halogens is 2. The predicted molar refractivity (Wildman–Crippen MR) is 169 cm³/mol. The third-order valence-corrected chi connectivity index (χ3v) is 7.75. The first-order valence-corrected chi connectivity index (χ1v) is 14.7. The fourth-order valence-electron chi connectivity index (χ4n) is 5.21. The number of aromatic nitrogens is 1. The van der Waals surface area contributed by atoms with Crippen LogP contribution in [0.3, 0.4) is 0 Å². The lowest BCUT2D eigenvalue weighted by molar-refractivity contribution is 0.0357. The number of benzene rings is 4. The topological polar surface area (TPSA) is 82.2 Å². The number of morpholine rings is 1. The van der Waals surface area contributed by atoms with Gasteiger partial charge in [0.15, 0.2) is 23.1 Å². The lowest BCUT2D eigenvalue weighted by atomic mass is 10.0. The van der Waals surface area contributed by atoms with Gasteiger partial charge in [-0.05, 0) is 66.4 Å². The Morgan fingerprint density at radius 3 is 2.57 bits per heavy atom. The van der Waals surface area contributed by atoms with E-state index in [2.05, 4.69) is 15.2 Å². The van der Waals surface area contributed by atoms with E-state index in [1.54, 1.807) is 80.0 Å². The highest BCUT2D eigenvalue weighted by atomic mass is 35.5. The Kier molecular flexibility index (Phi) is 9.07. The first-order chi connectivity index (χ1) is 21.5. The number of ether oxygens (including phenoxy) is 4. The number of nitrogens with one attached hydrogen (secondary N) is 1. The maximum absolute atomic E-state index is 15.8. The van der Waals surface area contributed by atoms with Crippen LogP contribution in [0.5, 0.6) is 23.0 Å². The quantitative estimate of drug-likeness (QED) is 0.165. The molecule has 0 radical (unpaired) electrons. The lowest BCUT2D eigenvalue weighted by Gasteiger charge is -2.26. The van der Waals surface area contributed by atoms with E-state index < -0.39 is 5.82 Å². The van der Waals surface area contributed by atoms with Crippen molar-refractivity contribution in [2.75, 3.05) is 51.9 Å². The zero-order valence-electron chi connectivity index (χ0n) is 24.1. The number of anilines is 1. The Labute approximate surface area is 259 Å². The number of nitrogens with zero attached hydrogens (tertiary/aromatic N) is 2. The van der Waals surface area contributed by atoms with Crippen molar-refractivity contribution in [3.8, 4) is 23.0 Å². The van der Waals surface area contributed by atoms with Crippen LogP contribution in [-0.2, 0) is 4.74 Å². The first kappa shape index (κ1) is 29.6. The summed E-state index contributed by atoms with van der Waals surface area (Å²) >= 11 is 5.95. The fraction of sp³-hybridized carbons (Fsp3) is 0.235. The van der Waals surface area contributed by atoms with Crippen LogP contribution in [0.15, 0.2) is 79.0 Å². The van der Waals surface area contributed by atoms with Crippen LogP contribution in [-0.4, -0.2) is 62.4 Å². The van der Waals surface area contributed by atoms with Crippen molar-refractivity contribution in [1.29, 1.82) is 0 Å². The summed E-state index contributed by atoms with van der Waals surface area (Å²) < 4.78 is 39.0. The first-order valence-electron chi connectivity index (χ1n) is 14.4.